The number of amides is 4. The van der Waals surface area contributed by atoms with Gasteiger partial charge in [0.05, 0.1) is 18.5 Å². The molecule has 4 amide bonds. The second kappa shape index (κ2) is 9.62. The maximum atomic E-state index is 13.8. The van der Waals surface area contributed by atoms with Crippen LogP contribution in [0.5, 0.6) is 0 Å². The number of halogens is 2. The molecular weight excluding hydrogens is 444 g/mol. The molecule has 34 heavy (non-hydrogen) atoms. The van der Waals surface area contributed by atoms with Gasteiger partial charge < -0.3 is 0 Å². The third kappa shape index (κ3) is 4.83. The molecule has 1 unspecified atom stereocenters. The first kappa shape index (κ1) is 22.8. The molecule has 1 N–H and O–H groups in total. The van der Waals surface area contributed by atoms with E-state index in [-0.39, 0.29) is 17.7 Å². The second-order valence-electron chi connectivity index (χ2n) is 7.65. The lowest BCUT2D eigenvalue weighted by molar-refractivity contribution is -0.128. The van der Waals surface area contributed by atoms with Crippen LogP contribution in [-0.2, 0) is 20.8 Å². The van der Waals surface area contributed by atoms with Gasteiger partial charge in [-0.2, -0.15) is 0 Å². The highest BCUT2D eigenvalue weighted by Crippen LogP contribution is 2.26. The SMILES string of the molecule is O=C(Cc1ccccc1)NN(C(=O)c1cccc(F)c1)C1CC(=O)N(c2ccc(F)cc2)C1=O. The van der Waals surface area contributed by atoms with E-state index in [0.717, 1.165) is 34.2 Å². The minimum absolute atomic E-state index is 0.0930. The van der Waals surface area contributed by atoms with Crippen LogP contribution in [0.1, 0.15) is 22.3 Å². The summed E-state index contributed by atoms with van der Waals surface area (Å²) in [5.41, 5.74) is 3.11. The van der Waals surface area contributed by atoms with E-state index in [2.05, 4.69) is 5.43 Å². The summed E-state index contributed by atoms with van der Waals surface area (Å²) in [4.78, 5) is 52.6. The molecule has 0 bridgehead atoms. The normalized spacial score (nSPS) is 15.4. The Hall–Kier alpha value is -4.40. The Bertz CT molecular complexity index is 1250. The maximum Gasteiger partial charge on any atom is 0.273 e. The summed E-state index contributed by atoms with van der Waals surface area (Å²) in [6.07, 6.45) is -0.507. The Morgan fingerprint density at radius 2 is 1.62 bits per heavy atom. The topological polar surface area (TPSA) is 86.8 Å². The predicted molar refractivity (Wildman–Crippen MR) is 118 cm³/mol. The molecule has 172 valence electrons. The molecule has 0 aliphatic carbocycles. The molecule has 1 fully saturated rings. The molecule has 1 aliphatic rings. The molecule has 0 aromatic heterocycles. The summed E-state index contributed by atoms with van der Waals surface area (Å²) in [5, 5.41) is 0.768. The molecule has 1 atom stereocenters. The number of imide groups is 1. The highest BCUT2D eigenvalue weighted by atomic mass is 19.1. The molecule has 4 rings (SSSR count). The standard InChI is InChI=1S/C25H19F2N3O4/c26-18-9-11-20(12-10-18)29-23(32)15-21(25(29)34)30(24(33)17-7-4-8-19(27)14-17)28-22(31)13-16-5-2-1-3-6-16/h1-12,14,21H,13,15H2,(H,28,31). The minimum atomic E-state index is -1.37. The van der Waals surface area contributed by atoms with E-state index in [1.165, 1.54) is 24.3 Å². The lowest BCUT2D eigenvalue weighted by atomic mass is 10.1. The molecule has 1 heterocycles. The lowest BCUT2D eigenvalue weighted by Gasteiger charge is -2.28. The fourth-order valence-corrected chi connectivity index (χ4v) is 3.67. The predicted octanol–water partition coefficient (Wildman–Crippen LogP) is 3.01. The Labute approximate surface area is 193 Å². The van der Waals surface area contributed by atoms with Crippen molar-refractivity contribution in [3.8, 4) is 0 Å². The number of hydrogen-bond donors (Lipinski definition) is 1. The number of benzene rings is 3. The third-order valence-corrected chi connectivity index (χ3v) is 5.26. The summed E-state index contributed by atoms with van der Waals surface area (Å²) < 4.78 is 27.1. The molecule has 7 nitrogen and oxygen atoms in total. The number of hydrogen-bond acceptors (Lipinski definition) is 4. The zero-order chi connectivity index (χ0) is 24.2. The number of hydrazine groups is 1. The van der Waals surface area contributed by atoms with Gasteiger partial charge in [0, 0.05) is 5.56 Å². The van der Waals surface area contributed by atoms with Crippen molar-refractivity contribution in [2.45, 2.75) is 18.9 Å². The molecule has 3 aromatic carbocycles. The van der Waals surface area contributed by atoms with Crippen LogP contribution in [0.4, 0.5) is 14.5 Å². The van der Waals surface area contributed by atoms with E-state index >= 15 is 0 Å². The Balaban J connectivity index is 1.63. The lowest BCUT2D eigenvalue weighted by Crippen LogP contribution is -2.55. The monoisotopic (exact) mass is 463 g/mol. The van der Waals surface area contributed by atoms with Gasteiger partial charge >= 0.3 is 0 Å². The molecule has 0 radical (unpaired) electrons. The van der Waals surface area contributed by atoms with Crippen LogP contribution in [-0.4, -0.2) is 34.7 Å². The average Bonchev–Trinajstić information content (AvgIpc) is 3.12. The minimum Gasteiger partial charge on any atom is -0.274 e. The number of carbonyl (C=O) groups is 4. The number of nitrogens with zero attached hydrogens (tertiary/aromatic N) is 2. The second-order valence-corrected chi connectivity index (χ2v) is 7.65. The molecule has 0 spiro atoms. The van der Waals surface area contributed by atoms with Gasteiger partial charge in [0.1, 0.15) is 17.7 Å². The van der Waals surface area contributed by atoms with Crippen LogP contribution >= 0.6 is 0 Å². The van der Waals surface area contributed by atoms with E-state index in [9.17, 15) is 28.0 Å². The molecule has 0 saturated carbocycles. The van der Waals surface area contributed by atoms with Crippen molar-refractivity contribution in [3.63, 3.8) is 0 Å². The number of anilines is 1. The summed E-state index contributed by atoms with van der Waals surface area (Å²) >= 11 is 0. The Morgan fingerprint density at radius 3 is 2.29 bits per heavy atom. The quantitative estimate of drug-likeness (QED) is 0.466. The van der Waals surface area contributed by atoms with Gasteiger partial charge in [0.15, 0.2) is 0 Å². The number of rotatable bonds is 5. The largest absolute Gasteiger partial charge is 0.274 e. The first-order valence-electron chi connectivity index (χ1n) is 10.4. The molecule has 1 saturated heterocycles. The van der Waals surface area contributed by atoms with Crippen molar-refractivity contribution in [2.24, 2.45) is 0 Å². The van der Waals surface area contributed by atoms with E-state index < -0.39 is 47.7 Å². The fourth-order valence-electron chi connectivity index (χ4n) is 3.67. The van der Waals surface area contributed by atoms with Crippen LogP contribution in [0.15, 0.2) is 78.9 Å². The Kier molecular flexibility index (Phi) is 6.44. The van der Waals surface area contributed by atoms with E-state index in [4.69, 9.17) is 0 Å². The van der Waals surface area contributed by atoms with Gasteiger partial charge in [-0.3, -0.25) is 24.6 Å². The van der Waals surface area contributed by atoms with E-state index in [1.807, 2.05) is 0 Å². The van der Waals surface area contributed by atoms with Crippen LogP contribution in [0.25, 0.3) is 0 Å². The summed E-state index contributed by atoms with van der Waals surface area (Å²) in [5.74, 6) is -4.08. The van der Waals surface area contributed by atoms with Crippen molar-refractivity contribution < 1.29 is 28.0 Å². The van der Waals surface area contributed by atoms with Gasteiger partial charge in [-0.25, -0.2) is 18.7 Å². The van der Waals surface area contributed by atoms with Crippen molar-refractivity contribution in [2.75, 3.05) is 4.90 Å². The van der Waals surface area contributed by atoms with Crippen molar-refractivity contribution >= 4 is 29.3 Å². The van der Waals surface area contributed by atoms with Crippen molar-refractivity contribution in [1.82, 2.24) is 10.4 Å². The summed E-state index contributed by atoms with van der Waals surface area (Å²) in [7, 11) is 0. The number of carbonyl (C=O) groups excluding carboxylic acids is 4. The van der Waals surface area contributed by atoms with Gasteiger partial charge in [0.2, 0.25) is 11.8 Å². The molecular formula is C25H19F2N3O4. The summed E-state index contributed by atoms with van der Waals surface area (Å²) in [6.45, 7) is 0. The van der Waals surface area contributed by atoms with Crippen molar-refractivity contribution in [3.05, 3.63) is 102 Å². The highest BCUT2D eigenvalue weighted by molar-refractivity contribution is 6.23. The average molecular weight is 463 g/mol. The van der Waals surface area contributed by atoms with Gasteiger partial charge in [-0.05, 0) is 48.0 Å². The molecule has 3 aromatic rings. The van der Waals surface area contributed by atoms with Gasteiger partial charge in [0.25, 0.3) is 11.8 Å². The van der Waals surface area contributed by atoms with E-state index in [0.29, 0.717) is 5.56 Å². The Morgan fingerprint density at radius 1 is 0.912 bits per heavy atom. The van der Waals surface area contributed by atoms with Crippen LogP contribution in [0.2, 0.25) is 0 Å². The van der Waals surface area contributed by atoms with Gasteiger partial charge in [-0.15, -0.1) is 0 Å². The third-order valence-electron chi connectivity index (χ3n) is 5.26. The van der Waals surface area contributed by atoms with Crippen LogP contribution in [0, 0.1) is 11.6 Å². The van der Waals surface area contributed by atoms with Crippen LogP contribution < -0.4 is 10.3 Å². The molecule has 9 heteroatoms. The zero-order valence-corrected chi connectivity index (χ0v) is 17.8. The first-order chi connectivity index (χ1) is 16.3. The van der Waals surface area contributed by atoms with E-state index in [1.54, 1.807) is 30.3 Å². The first-order valence-corrected chi connectivity index (χ1v) is 10.4. The fraction of sp³-hybridized carbons (Fsp3) is 0.120. The van der Waals surface area contributed by atoms with Crippen LogP contribution in [0.3, 0.4) is 0 Å². The zero-order valence-electron chi connectivity index (χ0n) is 17.8. The number of nitrogens with one attached hydrogen (secondary N) is 1. The highest BCUT2D eigenvalue weighted by Gasteiger charge is 2.45. The van der Waals surface area contributed by atoms with Crippen molar-refractivity contribution in [1.29, 1.82) is 0 Å². The molecule has 1 aliphatic heterocycles. The summed E-state index contributed by atoms with van der Waals surface area (Å²) in [6, 6.07) is 16.9. The van der Waals surface area contributed by atoms with Gasteiger partial charge in [-0.1, -0.05) is 36.4 Å². The maximum absolute atomic E-state index is 13.8. The smallest absolute Gasteiger partial charge is 0.273 e.